The van der Waals surface area contributed by atoms with Crippen molar-refractivity contribution in [2.24, 2.45) is 5.73 Å². The Hall–Kier alpha value is 0.210. The Labute approximate surface area is 60.0 Å². The summed E-state index contributed by atoms with van der Waals surface area (Å²) in [5.74, 6) is 0. The molecule has 0 aliphatic heterocycles. The van der Waals surface area contributed by atoms with Gasteiger partial charge in [0.05, 0.1) is 6.10 Å². The lowest BCUT2D eigenvalue weighted by molar-refractivity contribution is 0.110. The molecule has 0 amide bonds. The molecule has 2 nitrogen and oxygen atoms in total. The van der Waals surface area contributed by atoms with Crippen molar-refractivity contribution in [3.63, 3.8) is 0 Å². The van der Waals surface area contributed by atoms with Crippen LogP contribution in [0.3, 0.4) is 0 Å². The summed E-state index contributed by atoms with van der Waals surface area (Å²) in [5, 5.41) is 9.28. The average Bonchev–Trinajstić information content (AvgIpc) is 1.80. The van der Waals surface area contributed by atoms with Crippen LogP contribution in [0.5, 0.6) is 0 Å². The minimum Gasteiger partial charge on any atom is -0.391 e. The van der Waals surface area contributed by atoms with E-state index in [1.54, 1.807) is 0 Å². The first-order valence-corrected chi connectivity index (χ1v) is 3.71. The highest BCUT2D eigenvalue weighted by Crippen LogP contribution is 2.21. The molecule has 1 fully saturated rings. The number of aliphatic hydroxyl groups is 1. The highest BCUT2D eigenvalue weighted by atomic mass is 35.5. The van der Waals surface area contributed by atoms with Gasteiger partial charge in [-0.05, 0) is 19.3 Å². The van der Waals surface area contributed by atoms with E-state index >= 15 is 0 Å². The first-order valence-electron chi connectivity index (χ1n) is 3.28. The predicted octanol–water partition coefficient (Wildman–Crippen LogP) is 0.466. The summed E-state index contributed by atoms with van der Waals surface area (Å²) in [6.07, 6.45) is 2.08. The lowest BCUT2D eigenvalue weighted by atomic mass is 9.93. The van der Waals surface area contributed by atoms with Crippen LogP contribution in [0.2, 0.25) is 0 Å². The lowest BCUT2D eigenvalue weighted by Gasteiger charge is -2.26. The monoisotopic (exact) mass is 149 g/mol. The smallest absolute Gasteiger partial charge is 0.0705 e. The maximum absolute atomic E-state index is 9.14. The van der Waals surface area contributed by atoms with Crippen LogP contribution < -0.4 is 5.73 Å². The average molecular weight is 150 g/mol. The molecule has 1 rings (SSSR count). The molecular weight excluding hydrogens is 138 g/mol. The Balaban J connectivity index is 2.35. The minimum absolute atomic E-state index is 0.0417. The van der Waals surface area contributed by atoms with Crippen molar-refractivity contribution < 1.29 is 5.11 Å². The van der Waals surface area contributed by atoms with Gasteiger partial charge in [-0.25, -0.2) is 0 Å². The number of halogens is 1. The second kappa shape index (κ2) is 2.86. The van der Waals surface area contributed by atoms with E-state index in [0.717, 1.165) is 12.8 Å². The molecule has 0 aromatic carbocycles. The van der Waals surface area contributed by atoms with E-state index in [0.29, 0.717) is 6.42 Å². The fourth-order valence-corrected chi connectivity index (χ4v) is 1.43. The standard InChI is InChI=1S/C6H12ClNO/c7-4-1-2-5(8)6(9)3-4/h4-6,9H,1-3,8H2. The third-order valence-corrected chi connectivity index (χ3v) is 2.20. The van der Waals surface area contributed by atoms with Crippen molar-refractivity contribution in [3.05, 3.63) is 0 Å². The molecule has 0 heterocycles. The third kappa shape index (κ3) is 1.81. The van der Waals surface area contributed by atoms with Crippen LogP contribution in [0.4, 0.5) is 0 Å². The predicted molar refractivity (Wildman–Crippen MR) is 37.5 cm³/mol. The Morgan fingerprint density at radius 2 is 2.11 bits per heavy atom. The van der Waals surface area contributed by atoms with Crippen molar-refractivity contribution in [1.29, 1.82) is 0 Å². The second-order valence-electron chi connectivity index (χ2n) is 2.64. The molecule has 3 atom stereocenters. The molecule has 0 saturated heterocycles. The normalized spacial score (nSPS) is 45.0. The zero-order valence-electron chi connectivity index (χ0n) is 5.26. The minimum atomic E-state index is -0.374. The van der Waals surface area contributed by atoms with Crippen LogP contribution in [0.15, 0.2) is 0 Å². The SMILES string of the molecule is NC1CCC(Cl)CC1O. The molecule has 54 valence electrons. The van der Waals surface area contributed by atoms with E-state index in [1.807, 2.05) is 0 Å². The first kappa shape index (κ1) is 7.32. The molecule has 0 spiro atoms. The number of hydrogen-bond donors (Lipinski definition) is 2. The second-order valence-corrected chi connectivity index (χ2v) is 3.26. The van der Waals surface area contributed by atoms with Crippen molar-refractivity contribution in [3.8, 4) is 0 Å². The van der Waals surface area contributed by atoms with Crippen LogP contribution in [0.25, 0.3) is 0 Å². The summed E-state index contributed by atoms with van der Waals surface area (Å²) >= 11 is 5.76. The van der Waals surface area contributed by atoms with Crippen molar-refractivity contribution >= 4 is 11.6 Å². The van der Waals surface area contributed by atoms with Crippen molar-refractivity contribution in [1.82, 2.24) is 0 Å². The van der Waals surface area contributed by atoms with Crippen LogP contribution in [-0.2, 0) is 0 Å². The van der Waals surface area contributed by atoms with Gasteiger partial charge in [-0.1, -0.05) is 0 Å². The van der Waals surface area contributed by atoms with Gasteiger partial charge in [-0.3, -0.25) is 0 Å². The van der Waals surface area contributed by atoms with Gasteiger partial charge in [0, 0.05) is 11.4 Å². The quantitative estimate of drug-likeness (QED) is 0.492. The van der Waals surface area contributed by atoms with Crippen LogP contribution in [-0.4, -0.2) is 22.6 Å². The van der Waals surface area contributed by atoms with E-state index in [1.165, 1.54) is 0 Å². The largest absolute Gasteiger partial charge is 0.391 e. The zero-order chi connectivity index (χ0) is 6.85. The third-order valence-electron chi connectivity index (χ3n) is 1.80. The van der Waals surface area contributed by atoms with Crippen LogP contribution in [0, 0.1) is 0 Å². The summed E-state index contributed by atoms with van der Waals surface area (Å²) in [5.41, 5.74) is 5.53. The van der Waals surface area contributed by atoms with E-state index < -0.39 is 0 Å². The highest BCUT2D eigenvalue weighted by Gasteiger charge is 2.24. The van der Waals surface area contributed by atoms with Gasteiger partial charge in [0.1, 0.15) is 0 Å². The molecule has 1 saturated carbocycles. The van der Waals surface area contributed by atoms with Crippen LogP contribution >= 0.6 is 11.6 Å². The molecular formula is C6H12ClNO. The summed E-state index contributed by atoms with van der Waals surface area (Å²) in [4.78, 5) is 0. The van der Waals surface area contributed by atoms with Gasteiger partial charge < -0.3 is 10.8 Å². The number of alkyl halides is 1. The molecule has 3 heteroatoms. The molecule has 0 aromatic heterocycles. The number of nitrogens with two attached hydrogens (primary N) is 1. The molecule has 9 heavy (non-hydrogen) atoms. The molecule has 0 radical (unpaired) electrons. The Bertz CT molecular complexity index is 99.1. The van der Waals surface area contributed by atoms with Gasteiger partial charge in [0.25, 0.3) is 0 Å². The maximum Gasteiger partial charge on any atom is 0.0705 e. The van der Waals surface area contributed by atoms with Gasteiger partial charge in [-0.15, -0.1) is 11.6 Å². The van der Waals surface area contributed by atoms with E-state index in [4.69, 9.17) is 22.4 Å². The number of hydrogen-bond acceptors (Lipinski definition) is 2. The number of aliphatic hydroxyl groups excluding tert-OH is 1. The molecule has 1 aliphatic carbocycles. The van der Waals surface area contributed by atoms with Gasteiger partial charge in [0.2, 0.25) is 0 Å². The Morgan fingerprint density at radius 1 is 1.44 bits per heavy atom. The molecule has 1 aliphatic rings. The van der Waals surface area contributed by atoms with E-state index in [2.05, 4.69) is 0 Å². The molecule has 0 bridgehead atoms. The highest BCUT2D eigenvalue weighted by molar-refractivity contribution is 6.20. The first-order chi connectivity index (χ1) is 4.20. The molecule has 0 aromatic rings. The van der Waals surface area contributed by atoms with Gasteiger partial charge in [0.15, 0.2) is 0 Å². The summed E-state index contributed by atoms with van der Waals surface area (Å²) in [6, 6.07) is -0.0417. The summed E-state index contributed by atoms with van der Waals surface area (Å²) < 4.78 is 0. The topological polar surface area (TPSA) is 46.2 Å². The van der Waals surface area contributed by atoms with Crippen LogP contribution in [0.1, 0.15) is 19.3 Å². The number of rotatable bonds is 0. The lowest BCUT2D eigenvalue weighted by Crippen LogP contribution is -2.40. The summed E-state index contributed by atoms with van der Waals surface area (Å²) in [6.45, 7) is 0. The fourth-order valence-electron chi connectivity index (χ4n) is 1.12. The van der Waals surface area contributed by atoms with Gasteiger partial charge in [-0.2, -0.15) is 0 Å². The fraction of sp³-hybridized carbons (Fsp3) is 1.00. The Morgan fingerprint density at radius 3 is 2.56 bits per heavy atom. The molecule has 3 N–H and O–H groups in total. The summed E-state index contributed by atoms with van der Waals surface area (Å²) in [7, 11) is 0. The zero-order valence-corrected chi connectivity index (χ0v) is 6.01. The van der Waals surface area contributed by atoms with Crippen molar-refractivity contribution in [2.75, 3.05) is 0 Å². The van der Waals surface area contributed by atoms with Crippen molar-refractivity contribution in [2.45, 2.75) is 36.8 Å². The Kier molecular flexibility index (Phi) is 2.33. The molecule has 3 unspecified atom stereocenters. The van der Waals surface area contributed by atoms with E-state index in [-0.39, 0.29) is 17.5 Å². The van der Waals surface area contributed by atoms with E-state index in [9.17, 15) is 0 Å². The van der Waals surface area contributed by atoms with Gasteiger partial charge >= 0.3 is 0 Å². The maximum atomic E-state index is 9.14.